The van der Waals surface area contributed by atoms with E-state index in [0.717, 1.165) is 25.2 Å². The highest BCUT2D eigenvalue weighted by Gasteiger charge is 2.21. The maximum atomic E-state index is 8.99. The van der Waals surface area contributed by atoms with Crippen LogP contribution in [0.5, 0.6) is 0 Å². The lowest BCUT2D eigenvalue weighted by molar-refractivity contribution is -0.0704. The molecule has 2 atom stereocenters. The monoisotopic (exact) mass is 235 g/mol. The lowest BCUT2D eigenvalue weighted by Crippen LogP contribution is -2.44. The Morgan fingerprint density at radius 2 is 1.65 bits per heavy atom. The Hall–Kier alpha value is -0.900. The van der Waals surface area contributed by atoms with Gasteiger partial charge in [0.1, 0.15) is 0 Å². The van der Waals surface area contributed by atoms with E-state index in [-0.39, 0.29) is 6.61 Å². The second-order valence-corrected chi connectivity index (χ2v) is 4.93. The van der Waals surface area contributed by atoms with Gasteiger partial charge in [0.15, 0.2) is 0 Å². The molecule has 0 radical (unpaired) electrons. The molecule has 0 spiro atoms. The Bertz CT molecular complexity index is 340. The van der Waals surface area contributed by atoms with Crippen molar-refractivity contribution in [3.05, 3.63) is 35.4 Å². The maximum Gasteiger partial charge on any atom is 0.0681 e. The summed E-state index contributed by atoms with van der Waals surface area (Å²) in [5.74, 6) is 0. The van der Waals surface area contributed by atoms with Gasteiger partial charge >= 0.3 is 0 Å². The van der Waals surface area contributed by atoms with Crippen LogP contribution in [-0.2, 0) is 17.9 Å². The molecule has 1 aromatic carbocycles. The van der Waals surface area contributed by atoms with Gasteiger partial charge in [0.2, 0.25) is 0 Å². The molecule has 2 unspecified atom stereocenters. The summed E-state index contributed by atoms with van der Waals surface area (Å²) in [6.07, 6.45) is 0.630. The van der Waals surface area contributed by atoms with E-state index in [1.165, 1.54) is 5.56 Å². The molecule has 0 bridgehead atoms. The number of morpholine rings is 1. The van der Waals surface area contributed by atoms with E-state index in [0.29, 0.717) is 12.2 Å². The molecule has 0 aliphatic carbocycles. The molecule has 2 rings (SSSR count). The fourth-order valence-electron chi connectivity index (χ4n) is 2.42. The zero-order valence-electron chi connectivity index (χ0n) is 10.6. The van der Waals surface area contributed by atoms with Crippen molar-refractivity contribution in [1.29, 1.82) is 0 Å². The Balaban J connectivity index is 1.95. The summed E-state index contributed by atoms with van der Waals surface area (Å²) in [7, 11) is 0. The van der Waals surface area contributed by atoms with E-state index in [1.807, 2.05) is 12.1 Å². The van der Waals surface area contributed by atoms with Crippen LogP contribution in [0.3, 0.4) is 0 Å². The zero-order valence-corrected chi connectivity index (χ0v) is 10.6. The molecule has 1 saturated heterocycles. The van der Waals surface area contributed by atoms with Gasteiger partial charge in [-0.05, 0) is 25.0 Å². The number of hydrogen-bond acceptors (Lipinski definition) is 3. The number of aliphatic hydroxyl groups excluding tert-OH is 1. The largest absolute Gasteiger partial charge is 0.392 e. The SMILES string of the molecule is CC1CN(Cc2ccc(CO)cc2)CC(C)O1. The zero-order chi connectivity index (χ0) is 12.3. The fourth-order valence-corrected chi connectivity index (χ4v) is 2.42. The van der Waals surface area contributed by atoms with Crippen molar-refractivity contribution in [2.24, 2.45) is 0 Å². The van der Waals surface area contributed by atoms with E-state index in [1.54, 1.807) is 0 Å². The first-order chi connectivity index (χ1) is 8.17. The average Bonchev–Trinajstić information content (AvgIpc) is 2.28. The van der Waals surface area contributed by atoms with E-state index in [2.05, 4.69) is 30.9 Å². The van der Waals surface area contributed by atoms with Crippen LogP contribution in [0.1, 0.15) is 25.0 Å². The number of hydrogen-bond donors (Lipinski definition) is 1. The van der Waals surface area contributed by atoms with Crippen molar-refractivity contribution < 1.29 is 9.84 Å². The first kappa shape index (κ1) is 12.6. The standard InChI is InChI=1S/C14H21NO2/c1-11-7-15(8-12(2)17-11)9-13-3-5-14(10-16)6-4-13/h3-6,11-12,16H,7-10H2,1-2H3. The van der Waals surface area contributed by atoms with Crippen molar-refractivity contribution in [3.8, 4) is 0 Å². The molecule has 1 aromatic rings. The molecular weight excluding hydrogens is 214 g/mol. The molecule has 1 heterocycles. The highest BCUT2D eigenvalue weighted by Crippen LogP contribution is 2.14. The second kappa shape index (κ2) is 5.63. The lowest BCUT2D eigenvalue weighted by atomic mass is 10.1. The number of benzene rings is 1. The lowest BCUT2D eigenvalue weighted by Gasteiger charge is -2.35. The normalized spacial score (nSPS) is 26.1. The summed E-state index contributed by atoms with van der Waals surface area (Å²) in [6.45, 7) is 7.31. The molecule has 17 heavy (non-hydrogen) atoms. The van der Waals surface area contributed by atoms with Crippen molar-refractivity contribution in [3.63, 3.8) is 0 Å². The summed E-state index contributed by atoms with van der Waals surface area (Å²) in [4.78, 5) is 2.42. The quantitative estimate of drug-likeness (QED) is 0.867. The summed E-state index contributed by atoms with van der Waals surface area (Å²) in [6, 6.07) is 8.16. The van der Waals surface area contributed by atoms with E-state index < -0.39 is 0 Å². The van der Waals surface area contributed by atoms with Crippen LogP contribution >= 0.6 is 0 Å². The van der Waals surface area contributed by atoms with E-state index in [4.69, 9.17) is 9.84 Å². The molecule has 0 aromatic heterocycles. The first-order valence-electron chi connectivity index (χ1n) is 6.24. The summed E-state index contributed by atoms with van der Waals surface area (Å²) >= 11 is 0. The highest BCUT2D eigenvalue weighted by molar-refractivity contribution is 5.21. The topological polar surface area (TPSA) is 32.7 Å². The van der Waals surface area contributed by atoms with Crippen LogP contribution in [0.15, 0.2) is 24.3 Å². The van der Waals surface area contributed by atoms with Gasteiger partial charge < -0.3 is 9.84 Å². The molecular formula is C14H21NO2. The number of nitrogens with zero attached hydrogens (tertiary/aromatic N) is 1. The highest BCUT2D eigenvalue weighted by atomic mass is 16.5. The Labute approximate surface area is 103 Å². The first-order valence-corrected chi connectivity index (χ1v) is 6.24. The van der Waals surface area contributed by atoms with Crippen molar-refractivity contribution in [2.75, 3.05) is 13.1 Å². The predicted octanol–water partition coefficient (Wildman–Crippen LogP) is 1.79. The van der Waals surface area contributed by atoms with Crippen molar-refractivity contribution in [2.45, 2.75) is 39.2 Å². The van der Waals surface area contributed by atoms with Crippen LogP contribution < -0.4 is 0 Å². The van der Waals surface area contributed by atoms with Gasteiger partial charge in [-0.3, -0.25) is 4.90 Å². The molecule has 1 aliphatic heterocycles. The fraction of sp³-hybridized carbons (Fsp3) is 0.571. The molecule has 3 heteroatoms. The molecule has 3 nitrogen and oxygen atoms in total. The predicted molar refractivity (Wildman–Crippen MR) is 67.7 cm³/mol. The molecule has 1 N–H and O–H groups in total. The van der Waals surface area contributed by atoms with Gasteiger partial charge in [-0.25, -0.2) is 0 Å². The van der Waals surface area contributed by atoms with Gasteiger partial charge in [0.05, 0.1) is 18.8 Å². The Morgan fingerprint density at radius 1 is 1.12 bits per heavy atom. The van der Waals surface area contributed by atoms with E-state index >= 15 is 0 Å². The molecule has 1 fully saturated rings. The van der Waals surface area contributed by atoms with Crippen LogP contribution in [0, 0.1) is 0 Å². The number of aliphatic hydroxyl groups is 1. The van der Waals surface area contributed by atoms with Crippen molar-refractivity contribution >= 4 is 0 Å². The van der Waals surface area contributed by atoms with Crippen molar-refractivity contribution in [1.82, 2.24) is 4.90 Å². The van der Waals surface area contributed by atoms with Gasteiger partial charge in [-0.2, -0.15) is 0 Å². The minimum atomic E-state index is 0.117. The summed E-state index contributed by atoms with van der Waals surface area (Å²) in [5.41, 5.74) is 2.26. The average molecular weight is 235 g/mol. The van der Waals surface area contributed by atoms with Crippen LogP contribution in [0.4, 0.5) is 0 Å². The molecule has 94 valence electrons. The Morgan fingerprint density at radius 3 is 2.18 bits per heavy atom. The summed E-state index contributed by atoms with van der Waals surface area (Å²) < 4.78 is 5.72. The third kappa shape index (κ3) is 3.53. The second-order valence-electron chi connectivity index (χ2n) is 4.93. The van der Waals surface area contributed by atoms with Crippen LogP contribution in [0.25, 0.3) is 0 Å². The summed E-state index contributed by atoms with van der Waals surface area (Å²) in [5, 5.41) is 8.99. The molecule has 0 saturated carbocycles. The Kier molecular flexibility index (Phi) is 4.15. The third-order valence-electron chi connectivity index (χ3n) is 3.11. The van der Waals surface area contributed by atoms with Crippen LogP contribution in [0.2, 0.25) is 0 Å². The van der Waals surface area contributed by atoms with Gasteiger partial charge in [0, 0.05) is 19.6 Å². The third-order valence-corrected chi connectivity index (χ3v) is 3.11. The maximum absolute atomic E-state index is 8.99. The minimum Gasteiger partial charge on any atom is -0.392 e. The smallest absolute Gasteiger partial charge is 0.0681 e. The van der Waals surface area contributed by atoms with Gasteiger partial charge in [-0.15, -0.1) is 0 Å². The minimum absolute atomic E-state index is 0.117. The number of rotatable bonds is 3. The van der Waals surface area contributed by atoms with E-state index in [9.17, 15) is 0 Å². The molecule has 1 aliphatic rings. The number of ether oxygens (including phenoxy) is 1. The molecule has 0 amide bonds. The van der Waals surface area contributed by atoms with Gasteiger partial charge in [-0.1, -0.05) is 24.3 Å². The van der Waals surface area contributed by atoms with Crippen LogP contribution in [-0.4, -0.2) is 35.3 Å². The van der Waals surface area contributed by atoms with Gasteiger partial charge in [0.25, 0.3) is 0 Å².